The molecule has 1 amide bonds. The van der Waals surface area contributed by atoms with Crippen molar-refractivity contribution in [3.8, 4) is 11.5 Å². The van der Waals surface area contributed by atoms with Crippen molar-refractivity contribution < 1.29 is 19.0 Å². The summed E-state index contributed by atoms with van der Waals surface area (Å²) in [5.74, 6) is 1.50. The van der Waals surface area contributed by atoms with E-state index in [1.807, 2.05) is 34.5 Å². The molecule has 2 unspecified atom stereocenters. The van der Waals surface area contributed by atoms with E-state index in [4.69, 9.17) is 14.2 Å². The maximum atomic E-state index is 13.3. The lowest BCUT2D eigenvalue weighted by Crippen LogP contribution is -2.49. The molecule has 2 aliphatic heterocycles. The number of thiophene rings is 1. The number of fused-ring (bicyclic) bond motifs is 1. The zero-order valence-electron chi connectivity index (χ0n) is 16.3. The highest BCUT2D eigenvalue weighted by Gasteiger charge is 2.27. The van der Waals surface area contributed by atoms with Crippen LogP contribution in [0.1, 0.15) is 18.7 Å². The number of rotatable bonds is 5. The Balaban J connectivity index is 1.55. The van der Waals surface area contributed by atoms with Gasteiger partial charge in [0.25, 0.3) is 0 Å². The molecule has 0 saturated carbocycles. The molecule has 6 nitrogen and oxygen atoms in total. The first-order valence-corrected chi connectivity index (χ1v) is 10.6. The smallest absolute Gasteiger partial charge is 0.241 e. The van der Waals surface area contributed by atoms with Crippen molar-refractivity contribution in [1.29, 1.82) is 0 Å². The van der Waals surface area contributed by atoms with Gasteiger partial charge in [0.1, 0.15) is 13.2 Å². The van der Waals surface area contributed by atoms with Crippen molar-refractivity contribution in [1.82, 2.24) is 4.90 Å². The second-order valence-corrected chi connectivity index (χ2v) is 8.37. The number of hydrogen-bond donors (Lipinski definition) is 0. The Morgan fingerprint density at radius 3 is 2.61 bits per heavy atom. The van der Waals surface area contributed by atoms with Gasteiger partial charge in [-0.15, -0.1) is 11.3 Å². The standard InChI is InChI=1S/C21H26N2O4S/c1-15-11-22(12-16(2)27-15)14-21(24)23(13-18-4-3-9-28-18)17-5-6-19-20(10-17)26-8-7-25-19/h3-6,9-10,15-16H,7-8,11-14H2,1-2H3. The summed E-state index contributed by atoms with van der Waals surface area (Å²) in [7, 11) is 0. The maximum absolute atomic E-state index is 13.3. The zero-order valence-corrected chi connectivity index (χ0v) is 17.1. The lowest BCUT2D eigenvalue weighted by Gasteiger charge is -2.36. The largest absolute Gasteiger partial charge is 0.486 e. The second-order valence-electron chi connectivity index (χ2n) is 7.34. The van der Waals surface area contributed by atoms with Crippen LogP contribution in [0.3, 0.4) is 0 Å². The third kappa shape index (κ3) is 4.48. The summed E-state index contributed by atoms with van der Waals surface area (Å²) >= 11 is 1.66. The summed E-state index contributed by atoms with van der Waals surface area (Å²) < 4.78 is 17.1. The Morgan fingerprint density at radius 2 is 1.89 bits per heavy atom. The first kappa shape index (κ1) is 19.2. The number of ether oxygens (including phenoxy) is 3. The summed E-state index contributed by atoms with van der Waals surface area (Å²) in [6.45, 7) is 7.64. The fourth-order valence-corrected chi connectivity index (χ4v) is 4.46. The third-order valence-corrected chi connectivity index (χ3v) is 5.75. The molecular formula is C21H26N2O4S. The Labute approximate surface area is 169 Å². The predicted octanol–water partition coefficient (Wildman–Crippen LogP) is 3.16. The van der Waals surface area contributed by atoms with Crippen molar-refractivity contribution in [2.24, 2.45) is 0 Å². The number of carbonyl (C=O) groups excluding carboxylic acids is 1. The van der Waals surface area contributed by atoms with E-state index < -0.39 is 0 Å². The van der Waals surface area contributed by atoms with Crippen molar-refractivity contribution in [2.75, 3.05) is 37.7 Å². The quantitative estimate of drug-likeness (QED) is 0.769. The van der Waals surface area contributed by atoms with Gasteiger partial charge in [-0.05, 0) is 37.4 Å². The minimum absolute atomic E-state index is 0.0753. The Morgan fingerprint density at radius 1 is 1.14 bits per heavy atom. The van der Waals surface area contributed by atoms with Crippen LogP contribution in [-0.4, -0.2) is 55.9 Å². The van der Waals surface area contributed by atoms with Crippen LogP contribution in [0, 0.1) is 0 Å². The van der Waals surface area contributed by atoms with Crippen LogP contribution in [0.25, 0.3) is 0 Å². The number of benzene rings is 1. The van der Waals surface area contributed by atoms with Crippen LogP contribution < -0.4 is 14.4 Å². The molecule has 4 rings (SSSR count). The molecule has 2 aliphatic rings. The molecule has 3 heterocycles. The van der Waals surface area contributed by atoms with Gasteiger partial charge < -0.3 is 19.1 Å². The molecule has 0 radical (unpaired) electrons. The molecule has 150 valence electrons. The minimum atomic E-state index is 0.0753. The topological polar surface area (TPSA) is 51.2 Å². The molecule has 2 aromatic rings. The highest BCUT2D eigenvalue weighted by atomic mass is 32.1. The number of anilines is 1. The average Bonchev–Trinajstić information content (AvgIpc) is 3.18. The molecule has 0 bridgehead atoms. The highest BCUT2D eigenvalue weighted by molar-refractivity contribution is 7.09. The predicted molar refractivity (Wildman–Crippen MR) is 109 cm³/mol. The van der Waals surface area contributed by atoms with Gasteiger partial charge in [0.15, 0.2) is 11.5 Å². The average molecular weight is 403 g/mol. The van der Waals surface area contributed by atoms with Gasteiger partial charge in [-0.1, -0.05) is 6.07 Å². The van der Waals surface area contributed by atoms with E-state index in [0.29, 0.717) is 32.1 Å². The Hall–Kier alpha value is -2.09. The molecule has 1 saturated heterocycles. The molecule has 2 atom stereocenters. The molecule has 28 heavy (non-hydrogen) atoms. The van der Waals surface area contributed by atoms with E-state index in [1.54, 1.807) is 11.3 Å². The molecule has 1 fully saturated rings. The van der Waals surface area contributed by atoms with Gasteiger partial charge in [0.05, 0.1) is 25.3 Å². The summed E-state index contributed by atoms with van der Waals surface area (Å²) in [4.78, 5) is 18.5. The molecule has 0 aliphatic carbocycles. The van der Waals surface area contributed by atoms with Crippen LogP contribution in [0.15, 0.2) is 35.7 Å². The molecule has 0 N–H and O–H groups in total. The van der Waals surface area contributed by atoms with Gasteiger partial charge in [-0.25, -0.2) is 0 Å². The summed E-state index contributed by atoms with van der Waals surface area (Å²) in [5, 5.41) is 2.03. The van der Waals surface area contributed by atoms with Gasteiger partial charge in [0, 0.05) is 29.7 Å². The first-order chi connectivity index (χ1) is 13.6. The van der Waals surface area contributed by atoms with Gasteiger partial charge in [0.2, 0.25) is 5.91 Å². The fraction of sp³-hybridized carbons (Fsp3) is 0.476. The molecule has 1 aromatic heterocycles. The lowest BCUT2D eigenvalue weighted by molar-refractivity contribution is -0.123. The van der Waals surface area contributed by atoms with E-state index in [2.05, 4.69) is 24.8 Å². The SMILES string of the molecule is CC1CN(CC(=O)N(Cc2cccs2)c2ccc3c(c2)OCCO3)CC(C)O1. The summed E-state index contributed by atoms with van der Waals surface area (Å²) in [6.07, 6.45) is 0.271. The third-order valence-electron chi connectivity index (χ3n) is 4.89. The van der Waals surface area contributed by atoms with E-state index in [0.717, 1.165) is 29.4 Å². The zero-order chi connectivity index (χ0) is 19.5. The van der Waals surface area contributed by atoms with Crippen molar-refractivity contribution >= 4 is 22.9 Å². The van der Waals surface area contributed by atoms with Crippen molar-refractivity contribution in [2.45, 2.75) is 32.6 Å². The molecule has 7 heteroatoms. The molecule has 1 aromatic carbocycles. The van der Waals surface area contributed by atoms with Crippen LogP contribution in [0.2, 0.25) is 0 Å². The summed E-state index contributed by atoms with van der Waals surface area (Å²) in [6, 6.07) is 9.80. The lowest BCUT2D eigenvalue weighted by atomic mass is 10.2. The Bertz CT molecular complexity index is 801. The minimum Gasteiger partial charge on any atom is -0.486 e. The van der Waals surface area contributed by atoms with E-state index in [9.17, 15) is 4.79 Å². The Kier molecular flexibility index (Phi) is 5.85. The van der Waals surface area contributed by atoms with Gasteiger partial charge in [-0.3, -0.25) is 9.69 Å². The highest BCUT2D eigenvalue weighted by Crippen LogP contribution is 2.34. The molecule has 0 spiro atoms. The number of nitrogens with zero attached hydrogens (tertiary/aromatic N) is 2. The van der Waals surface area contributed by atoms with E-state index >= 15 is 0 Å². The van der Waals surface area contributed by atoms with Crippen LogP contribution in [-0.2, 0) is 16.1 Å². The normalized spacial score (nSPS) is 22.1. The van der Waals surface area contributed by atoms with E-state index in [-0.39, 0.29) is 18.1 Å². The van der Waals surface area contributed by atoms with Crippen molar-refractivity contribution in [3.63, 3.8) is 0 Å². The van der Waals surface area contributed by atoms with Crippen molar-refractivity contribution in [3.05, 3.63) is 40.6 Å². The summed E-state index contributed by atoms with van der Waals surface area (Å²) in [5.41, 5.74) is 0.831. The number of amides is 1. The van der Waals surface area contributed by atoms with Gasteiger partial charge >= 0.3 is 0 Å². The first-order valence-electron chi connectivity index (χ1n) is 9.68. The number of carbonyl (C=O) groups is 1. The maximum Gasteiger partial charge on any atom is 0.241 e. The monoisotopic (exact) mass is 402 g/mol. The second kappa shape index (κ2) is 8.51. The van der Waals surface area contributed by atoms with Crippen LogP contribution >= 0.6 is 11.3 Å². The van der Waals surface area contributed by atoms with E-state index in [1.165, 1.54) is 0 Å². The number of morpholine rings is 1. The van der Waals surface area contributed by atoms with Crippen LogP contribution in [0.4, 0.5) is 5.69 Å². The molecular weight excluding hydrogens is 376 g/mol. The van der Waals surface area contributed by atoms with Crippen LogP contribution in [0.5, 0.6) is 11.5 Å². The fourth-order valence-electron chi connectivity index (χ4n) is 3.77. The van der Waals surface area contributed by atoms with Gasteiger partial charge in [-0.2, -0.15) is 0 Å². The number of hydrogen-bond acceptors (Lipinski definition) is 6.